The zero-order valence-electron chi connectivity index (χ0n) is 17.5. The van der Waals surface area contributed by atoms with Crippen LogP contribution in [0.25, 0.3) is 0 Å². The molecule has 0 atom stereocenters. The number of nitrogens with zero attached hydrogens (tertiary/aromatic N) is 3. The molecule has 0 unspecified atom stereocenters. The van der Waals surface area contributed by atoms with Crippen molar-refractivity contribution in [3.05, 3.63) is 24.3 Å². The molecule has 0 aromatic heterocycles. The van der Waals surface area contributed by atoms with Crippen molar-refractivity contribution in [3.8, 4) is 5.75 Å². The first kappa shape index (κ1) is 25.8. The Morgan fingerprint density at radius 2 is 1.86 bits per heavy atom. The third kappa shape index (κ3) is 8.95. The van der Waals surface area contributed by atoms with Crippen LogP contribution >= 0.6 is 24.0 Å². The number of benzene rings is 1. The summed E-state index contributed by atoms with van der Waals surface area (Å²) in [4.78, 5) is 9.19. The second-order valence-corrected chi connectivity index (χ2v) is 8.88. The average Bonchev–Trinajstić information content (AvgIpc) is 2.69. The highest BCUT2D eigenvalue weighted by atomic mass is 127. The average molecular weight is 540 g/mol. The minimum atomic E-state index is -2.98. The van der Waals surface area contributed by atoms with E-state index in [-0.39, 0.29) is 36.3 Å². The van der Waals surface area contributed by atoms with Crippen LogP contribution in [0.4, 0.5) is 5.69 Å². The molecule has 1 aliphatic rings. The highest BCUT2D eigenvalue weighted by molar-refractivity contribution is 14.0. The molecule has 1 N–H and O–H groups in total. The number of para-hydroxylation sites is 2. The van der Waals surface area contributed by atoms with Gasteiger partial charge in [-0.05, 0) is 19.1 Å². The lowest BCUT2D eigenvalue weighted by atomic mass is 10.2. The van der Waals surface area contributed by atoms with Crippen molar-refractivity contribution < 1.29 is 17.9 Å². The van der Waals surface area contributed by atoms with Crippen molar-refractivity contribution >= 4 is 45.5 Å². The molecule has 1 aromatic rings. The number of guanidine groups is 1. The van der Waals surface area contributed by atoms with Crippen LogP contribution in [0.2, 0.25) is 0 Å². The first-order valence-electron chi connectivity index (χ1n) is 9.61. The third-order valence-electron chi connectivity index (χ3n) is 4.44. The predicted molar refractivity (Wildman–Crippen MR) is 129 cm³/mol. The molecule has 1 fully saturated rings. The van der Waals surface area contributed by atoms with Gasteiger partial charge in [0.1, 0.15) is 15.6 Å². The molecule has 2 rings (SSSR count). The van der Waals surface area contributed by atoms with Crippen LogP contribution in [0, 0.1) is 0 Å². The van der Waals surface area contributed by atoms with Crippen molar-refractivity contribution in [2.45, 2.75) is 6.92 Å². The maximum atomic E-state index is 11.1. The van der Waals surface area contributed by atoms with Gasteiger partial charge in [-0.3, -0.25) is 4.99 Å². The van der Waals surface area contributed by atoms with Crippen molar-refractivity contribution in [2.24, 2.45) is 4.99 Å². The number of methoxy groups -OCH3 is 1. The van der Waals surface area contributed by atoms with Gasteiger partial charge in [-0.1, -0.05) is 12.1 Å². The van der Waals surface area contributed by atoms with E-state index in [9.17, 15) is 8.42 Å². The van der Waals surface area contributed by atoms with Crippen LogP contribution in [-0.2, 0) is 14.6 Å². The summed E-state index contributed by atoms with van der Waals surface area (Å²) in [7, 11) is -1.28. The fourth-order valence-corrected chi connectivity index (χ4v) is 3.43. The lowest BCUT2D eigenvalue weighted by molar-refractivity contribution is 0.157. The number of piperazine rings is 1. The summed E-state index contributed by atoms with van der Waals surface area (Å²) in [5, 5.41) is 3.33. The van der Waals surface area contributed by atoms with Crippen LogP contribution in [0.3, 0.4) is 0 Å². The number of anilines is 1. The Morgan fingerprint density at radius 3 is 2.48 bits per heavy atom. The van der Waals surface area contributed by atoms with Crippen molar-refractivity contribution in [2.75, 3.05) is 76.5 Å². The van der Waals surface area contributed by atoms with E-state index in [0.717, 1.165) is 50.1 Å². The summed E-state index contributed by atoms with van der Waals surface area (Å²) >= 11 is 0. The van der Waals surface area contributed by atoms with Gasteiger partial charge in [0.15, 0.2) is 5.96 Å². The number of hydrogen-bond acceptors (Lipinski definition) is 6. The normalized spacial score (nSPS) is 15.1. The fraction of sp³-hybridized carbons (Fsp3) is 0.632. The number of hydrogen-bond donors (Lipinski definition) is 1. The number of ether oxygens (including phenoxy) is 2. The van der Waals surface area contributed by atoms with E-state index in [4.69, 9.17) is 9.47 Å². The number of halogens is 1. The van der Waals surface area contributed by atoms with E-state index in [1.807, 2.05) is 25.1 Å². The van der Waals surface area contributed by atoms with Gasteiger partial charge in [0.25, 0.3) is 0 Å². The first-order chi connectivity index (χ1) is 13.4. The molecule has 29 heavy (non-hydrogen) atoms. The van der Waals surface area contributed by atoms with Crippen molar-refractivity contribution in [3.63, 3.8) is 0 Å². The summed E-state index contributed by atoms with van der Waals surface area (Å²) in [5.41, 5.74) is 1.12. The smallest absolute Gasteiger partial charge is 0.194 e. The monoisotopic (exact) mass is 540 g/mol. The van der Waals surface area contributed by atoms with Gasteiger partial charge in [-0.15, -0.1) is 24.0 Å². The molecule has 0 saturated carbocycles. The minimum Gasteiger partial charge on any atom is -0.495 e. The van der Waals surface area contributed by atoms with Crippen LogP contribution in [-0.4, -0.2) is 90.9 Å². The van der Waals surface area contributed by atoms with E-state index in [1.54, 1.807) is 7.11 Å². The number of sulfone groups is 1. The van der Waals surface area contributed by atoms with Gasteiger partial charge >= 0.3 is 0 Å². The summed E-state index contributed by atoms with van der Waals surface area (Å²) in [6, 6.07) is 8.07. The Labute approximate surface area is 191 Å². The molecule has 1 aromatic carbocycles. The van der Waals surface area contributed by atoms with Crippen molar-refractivity contribution in [1.82, 2.24) is 10.2 Å². The van der Waals surface area contributed by atoms with Crippen LogP contribution in [0.1, 0.15) is 6.92 Å². The molecule has 1 saturated heterocycles. The van der Waals surface area contributed by atoms with E-state index in [0.29, 0.717) is 13.2 Å². The van der Waals surface area contributed by atoms with Crippen LogP contribution in [0.15, 0.2) is 29.3 Å². The molecule has 0 aliphatic carbocycles. The highest BCUT2D eigenvalue weighted by Gasteiger charge is 2.21. The number of rotatable bonds is 9. The molecular formula is C19H33IN4O4S. The largest absolute Gasteiger partial charge is 0.495 e. The standard InChI is InChI=1S/C19H32N4O4S.HI/c1-4-20-19(21-9-14-27-15-16-28(3,24)25)23-12-10-22(11-13-23)17-7-5-6-8-18(17)26-2;/h5-8H,4,9-16H2,1-3H3,(H,20,21);1H. The molecular weight excluding hydrogens is 507 g/mol. The maximum absolute atomic E-state index is 11.1. The third-order valence-corrected chi connectivity index (χ3v) is 5.34. The molecule has 0 bridgehead atoms. The summed E-state index contributed by atoms with van der Waals surface area (Å²) < 4.78 is 33.0. The lowest BCUT2D eigenvalue weighted by Gasteiger charge is -2.38. The Hall–Kier alpha value is -1.27. The fourth-order valence-electron chi connectivity index (χ4n) is 3.00. The Kier molecular flexibility index (Phi) is 11.7. The van der Waals surface area contributed by atoms with Crippen LogP contribution < -0.4 is 15.0 Å². The number of nitrogens with one attached hydrogen (secondary N) is 1. The maximum Gasteiger partial charge on any atom is 0.194 e. The van der Waals surface area contributed by atoms with Gasteiger partial charge in [0.2, 0.25) is 0 Å². The SMILES string of the molecule is CCNC(=NCCOCCS(C)(=O)=O)N1CCN(c2ccccc2OC)CC1.I. The van der Waals surface area contributed by atoms with Crippen molar-refractivity contribution in [1.29, 1.82) is 0 Å². The quantitative estimate of drug-likeness (QED) is 0.220. The molecule has 0 radical (unpaired) electrons. The molecule has 8 nitrogen and oxygen atoms in total. The Bertz CT molecular complexity index is 737. The van der Waals surface area contributed by atoms with E-state index < -0.39 is 9.84 Å². The second-order valence-electron chi connectivity index (χ2n) is 6.62. The van der Waals surface area contributed by atoms with Crippen LogP contribution in [0.5, 0.6) is 5.75 Å². The zero-order chi connectivity index (χ0) is 20.4. The van der Waals surface area contributed by atoms with E-state index in [1.165, 1.54) is 6.26 Å². The first-order valence-corrected chi connectivity index (χ1v) is 11.7. The molecule has 0 spiro atoms. The highest BCUT2D eigenvalue weighted by Crippen LogP contribution is 2.28. The lowest BCUT2D eigenvalue weighted by Crippen LogP contribution is -2.52. The molecule has 10 heteroatoms. The predicted octanol–water partition coefficient (Wildman–Crippen LogP) is 1.46. The topological polar surface area (TPSA) is 83.5 Å². The summed E-state index contributed by atoms with van der Waals surface area (Å²) in [6.45, 7) is 7.44. The Morgan fingerprint density at radius 1 is 1.17 bits per heavy atom. The molecule has 1 aliphatic heterocycles. The molecule has 0 amide bonds. The molecule has 166 valence electrons. The zero-order valence-corrected chi connectivity index (χ0v) is 20.6. The van der Waals surface area contributed by atoms with Gasteiger partial charge in [-0.2, -0.15) is 0 Å². The number of aliphatic imine (C=N–C) groups is 1. The van der Waals surface area contributed by atoms with Gasteiger partial charge < -0.3 is 24.6 Å². The van der Waals surface area contributed by atoms with Gasteiger partial charge in [0, 0.05) is 39.0 Å². The Balaban J connectivity index is 0.00000420. The van der Waals surface area contributed by atoms with E-state index in [2.05, 4.69) is 26.2 Å². The van der Waals surface area contributed by atoms with Gasteiger partial charge in [0.05, 0.1) is 38.3 Å². The van der Waals surface area contributed by atoms with E-state index >= 15 is 0 Å². The minimum absolute atomic E-state index is 0. The van der Waals surface area contributed by atoms with Gasteiger partial charge in [-0.25, -0.2) is 8.42 Å². The molecule has 1 heterocycles. The second kappa shape index (κ2) is 13.1. The summed E-state index contributed by atoms with van der Waals surface area (Å²) in [5.74, 6) is 1.80. The summed E-state index contributed by atoms with van der Waals surface area (Å²) in [6.07, 6.45) is 1.21.